The summed E-state index contributed by atoms with van der Waals surface area (Å²) < 4.78 is 10.8. The molecule has 0 spiro atoms. The molecule has 2 aliphatic rings. The van der Waals surface area contributed by atoms with Crippen molar-refractivity contribution in [1.29, 1.82) is 0 Å². The SMILES string of the molecule is OC[C@H]1O[C@H](C#Cc2ccc3ccc(C#C[C@H]4O[C@H](CO)[C@@H](O)[C@H](O)[C@@H]4O)cc3c2)[C@@H](O)[C@@H](O)[C@@H]1O. The van der Waals surface area contributed by atoms with Gasteiger partial charge in [0.2, 0.25) is 0 Å². The molecule has 2 saturated heterocycles. The van der Waals surface area contributed by atoms with Crippen LogP contribution in [0.3, 0.4) is 0 Å². The third kappa shape index (κ3) is 5.39. The minimum absolute atomic E-state index is 0.536. The van der Waals surface area contributed by atoms with E-state index in [0.29, 0.717) is 11.1 Å². The van der Waals surface area contributed by atoms with Gasteiger partial charge >= 0.3 is 0 Å². The Kier molecular flexibility index (Phi) is 8.25. The molecule has 192 valence electrons. The van der Waals surface area contributed by atoms with E-state index in [4.69, 9.17) is 9.47 Å². The first-order valence-electron chi connectivity index (χ1n) is 11.4. The second-order valence-corrected chi connectivity index (χ2v) is 8.81. The van der Waals surface area contributed by atoms with Gasteiger partial charge in [0.25, 0.3) is 0 Å². The van der Waals surface area contributed by atoms with E-state index in [-0.39, 0.29) is 0 Å². The largest absolute Gasteiger partial charge is 0.394 e. The highest BCUT2D eigenvalue weighted by molar-refractivity contribution is 5.85. The van der Waals surface area contributed by atoms with E-state index < -0.39 is 74.3 Å². The Hall–Kier alpha value is -2.58. The minimum atomic E-state index is -1.50. The van der Waals surface area contributed by atoms with Crippen molar-refractivity contribution in [2.75, 3.05) is 13.2 Å². The standard InChI is InChI=1S/C26H28O10/c27-11-19-23(31)25(33)21(29)17(35-19)7-3-13-1-5-15-6-2-14(10-16(15)9-13)4-8-18-22(30)26(34)24(32)20(12-28)36-18/h1-2,5-6,9-10,17-34H,11-12H2/t17-,18-,19-,20-,21-,22-,23-,24-,25-,26-/m1/s1. The molecule has 2 heterocycles. The molecule has 0 amide bonds. The third-order valence-corrected chi connectivity index (χ3v) is 6.34. The zero-order valence-electron chi connectivity index (χ0n) is 19.0. The van der Waals surface area contributed by atoms with Gasteiger partial charge in [-0.05, 0) is 35.0 Å². The van der Waals surface area contributed by atoms with Crippen molar-refractivity contribution < 1.29 is 50.3 Å². The van der Waals surface area contributed by atoms with Gasteiger partial charge in [-0.15, -0.1) is 0 Å². The van der Waals surface area contributed by atoms with Crippen molar-refractivity contribution in [3.8, 4) is 23.7 Å². The van der Waals surface area contributed by atoms with Crippen LogP contribution in [0.5, 0.6) is 0 Å². The molecule has 0 bridgehead atoms. The molecule has 10 nitrogen and oxygen atoms in total. The fourth-order valence-electron chi connectivity index (χ4n) is 4.15. The monoisotopic (exact) mass is 500 g/mol. The zero-order valence-corrected chi connectivity index (χ0v) is 19.0. The van der Waals surface area contributed by atoms with E-state index >= 15 is 0 Å². The molecule has 10 atom stereocenters. The first-order valence-corrected chi connectivity index (χ1v) is 11.4. The molecule has 0 aliphatic carbocycles. The number of hydrogen-bond donors (Lipinski definition) is 8. The lowest BCUT2D eigenvalue weighted by Crippen LogP contribution is -2.58. The molecule has 2 aromatic carbocycles. The first-order chi connectivity index (χ1) is 17.2. The molecule has 0 radical (unpaired) electrons. The van der Waals surface area contributed by atoms with Crippen LogP contribution in [-0.4, -0.2) is 115 Å². The van der Waals surface area contributed by atoms with E-state index in [1.54, 1.807) is 24.3 Å². The van der Waals surface area contributed by atoms with E-state index in [0.717, 1.165) is 10.8 Å². The summed E-state index contributed by atoms with van der Waals surface area (Å²) in [4.78, 5) is 0. The van der Waals surface area contributed by atoms with E-state index in [9.17, 15) is 40.9 Å². The summed E-state index contributed by atoms with van der Waals surface area (Å²) in [7, 11) is 0. The highest BCUT2D eigenvalue weighted by Gasteiger charge is 2.43. The molecule has 0 saturated carbocycles. The van der Waals surface area contributed by atoms with E-state index in [2.05, 4.69) is 23.7 Å². The Balaban J connectivity index is 1.54. The van der Waals surface area contributed by atoms with Crippen LogP contribution in [0.4, 0.5) is 0 Å². The van der Waals surface area contributed by atoms with Gasteiger partial charge in [-0.2, -0.15) is 0 Å². The number of rotatable bonds is 2. The van der Waals surface area contributed by atoms with Crippen molar-refractivity contribution in [2.24, 2.45) is 0 Å². The zero-order chi connectivity index (χ0) is 26.0. The van der Waals surface area contributed by atoms with Gasteiger partial charge in [-0.1, -0.05) is 35.8 Å². The number of hydrogen-bond acceptors (Lipinski definition) is 10. The number of benzene rings is 2. The molecule has 2 fully saturated rings. The van der Waals surface area contributed by atoms with Crippen LogP contribution in [0, 0.1) is 23.7 Å². The summed E-state index contributed by atoms with van der Waals surface area (Å²) in [5, 5.41) is 80.2. The molecule has 8 N–H and O–H groups in total. The van der Waals surface area contributed by atoms with Crippen LogP contribution in [0.1, 0.15) is 11.1 Å². The molecular formula is C26H28O10. The van der Waals surface area contributed by atoms with Crippen LogP contribution < -0.4 is 0 Å². The summed E-state index contributed by atoms with van der Waals surface area (Å²) >= 11 is 0. The van der Waals surface area contributed by atoms with Gasteiger partial charge in [0.05, 0.1) is 13.2 Å². The molecule has 4 rings (SSSR count). The van der Waals surface area contributed by atoms with Crippen LogP contribution in [0.2, 0.25) is 0 Å². The highest BCUT2D eigenvalue weighted by Crippen LogP contribution is 2.23. The summed E-state index contributed by atoms with van der Waals surface area (Å²) in [6, 6.07) is 10.8. The highest BCUT2D eigenvalue weighted by atomic mass is 16.5. The summed E-state index contributed by atoms with van der Waals surface area (Å²) in [5.74, 6) is 11.2. The molecule has 0 unspecified atom stereocenters. The van der Waals surface area contributed by atoms with Gasteiger partial charge in [0.15, 0.2) is 0 Å². The maximum atomic E-state index is 10.1. The Labute approximate surface area is 207 Å². The first kappa shape index (κ1) is 26.5. The average Bonchev–Trinajstić information content (AvgIpc) is 2.89. The van der Waals surface area contributed by atoms with Crippen molar-refractivity contribution in [2.45, 2.75) is 61.0 Å². The van der Waals surface area contributed by atoms with E-state index in [1.807, 2.05) is 12.1 Å². The smallest absolute Gasteiger partial charge is 0.147 e. The van der Waals surface area contributed by atoms with Crippen LogP contribution in [0.25, 0.3) is 10.8 Å². The molecule has 2 aromatic rings. The lowest BCUT2D eigenvalue weighted by molar-refractivity contribution is -0.214. The summed E-state index contributed by atoms with van der Waals surface area (Å²) in [6.45, 7) is -1.07. The Morgan fingerprint density at radius 2 is 0.972 bits per heavy atom. The minimum Gasteiger partial charge on any atom is -0.394 e. The second kappa shape index (κ2) is 11.2. The number of ether oxygens (including phenoxy) is 2. The molecule has 36 heavy (non-hydrogen) atoms. The van der Waals surface area contributed by atoms with Gasteiger partial charge < -0.3 is 50.3 Å². The molecule has 2 aliphatic heterocycles. The predicted molar refractivity (Wildman–Crippen MR) is 125 cm³/mol. The van der Waals surface area contributed by atoms with Crippen molar-refractivity contribution in [1.82, 2.24) is 0 Å². The maximum Gasteiger partial charge on any atom is 0.147 e. The molecule has 10 heteroatoms. The van der Waals surface area contributed by atoms with E-state index in [1.165, 1.54) is 0 Å². The van der Waals surface area contributed by atoms with Crippen molar-refractivity contribution >= 4 is 10.8 Å². The van der Waals surface area contributed by atoms with Gasteiger partial charge in [0.1, 0.15) is 61.0 Å². The number of aliphatic hydroxyl groups is 8. The van der Waals surface area contributed by atoms with Gasteiger partial charge in [0, 0.05) is 11.1 Å². The Bertz CT molecular complexity index is 1100. The third-order valence-electron chi connectivity index (χ3n) is 6.34. The molecule has 0 aromatic heterocycles. The maximum absolute atomic E-state index is 10.1. The van der Waals surface area contributed by atoms with Crippen LogP contribution in [0.15, 0.2) is 36.4 Å². The van der Waals surface area contributed by atoms with Gasteiger partial charge in [-0.25, -0.2) is 0 Å². The van der Waals surface area contributed by atoms with Crippen molar-refractivity contribution in [3.63, 3.8) is 0 Å². The number of aliphatic hydroxyl groups excluding tert-OH is 8. The molecular weight excluding hydrogens is 472 g/mol. The van der Waals surface area contributed by atoms with Crippen LogP contribution >= 0.6 is 0 Å². The Morgan fingerprint density at radius 3 is 1.36 bits per heavy atom. The quantitative estimate of drug-likeness (QED) is 0.201. The Morgan fingerprint density at radius 1 is 0.556 bits per heavy atom. The number of fused-ring (bicyclic) bond motifs is 1. The second-order valence-electron chi connectivity index (χ2n) is 8.81. The van der Waals surface area contributed by atoms with Crippen molar-refractivity contribution in [3.05, 3.63) is 47.5 Å². The summed E-state index contributed by atoms with van der Waals surface area (Å²) in [6.07, 6.45) is -13.1. The lowest BCUT2D eigenvalue weighted by atomic mass is 9.95. The fraction of sp³-hybridized carbons (Fsp3) is 0.462. The topological polar surface area (TPSA) is 180 Å². The predicted octanol–water partition coefficient (Wildman–Crippen LogP) is -2.77. The lowest BCUT2D eigenvalue weighted by Gasteiger charge is -2.37. The fourth-order valence-corrected chi connectivity index (χ4v) is 4.15. The summed E-state index contributed by atoms with van der Waals surface area (Å²) in [5.41, 5.74) is 1.16. The average molecular weight is 501 g/mol. The normalized spacial score (nSPS) is 36.4. The van der Waals surface area contributed by atoms with Crippen LogP contribution in [-0.2, 0) is 9.47 Å². The van der Waals surface area contributed by atoms with Gasteiger partial charge in [-0.3, -0.25) is 0 Å².